The van der Waals surface area contributed by atoms with E-state index < -0.39 is 23.5 Å². The van der Waals surface area contributed by atoms with Crippen LogP contribution in [0, 0.1) is 0 Å². The molecule has 7 heteroatoms. The lowest BCUT2D eigenvalue weighted by Gasteiger charge is -2.13. The van der Waals surface area contributed by atoms with Crippen LogP contribution in [0.25, 0.3) is 0 Å². The summed E-state index contributed by atoms with van der Waals surface area (Å²) >= 11 is 0. The average Bonchev–Trinajstić information content (AvgIpc) is 2.56. The van der Waals surface area contributed by atoms with Gasteiger partial charge < -0.3 is 24.1 Å². The summed E-state index contributed by atoms with van der Waals surface area (Å²) in [6.07, 6.45) is -0.710. The maximum Gasteiger partial charge on any atom is 0.375 e. The minimum atomic E-state index is -1.42. The van der Waals surface area contributed by atoms with Crippen LogP contribution >= 0.6 is 0 Å². The Kier molecular flexibility index (Phi) is 4.42. The third-order valence-corrected chi connectivity index (χ3v) is 1.92. The number of rotatable bonds is 6. The smallest absolute Gasteiger partial charge is 0.375 e. The first kappa shape index (κ1) is 14.9. The zero-order valence-corrected chi connectivity index (χ0v) is 11.1. The Labute approximate surface area is 109 Å². The van der Waals surface area contributed by atoms with Gasteiger partial charge in [-0.25, -0.2) is 9.59 Å². The number of carbonyl (C=O) groups is 2. The van der Waals surface area contributed by atoms with Crippen LogP contribution in [0.2, 0.25) is 0 Å². The first-order chi connectivity index (χ1) is 8.73. The highest BCUT2D eigenvalue weighted by Crippen LogP contribution is 2.39. The van der Waals surface area contributed by atoms with Gasteiger partial charge in [-0.1, -0.05) is 0 Å². The largest absolute Gasteiger partial charge is 0.483 e. The first-order valence-electron chi connectivity index (χ1n) is 5.70. The van der Waals surface area contributed by atoms with Crippen molar-refractivity contribution in [2.24, 2.45) is 0 Å². The van der Waals surface area contributed by atoms with E-state index in [1.807, 2.05) is 0 Å². The maximum atomic E-state index is 11.1. The molecule has 0 aliphatic carbocycles. The molecule has 0 saturated carbocycles. The second-order valence-corrected chi connectivity index (χ2v) is 4.36. The number of ether oxygens (including phenoxy) is 2. The maximum absolute atomic E-state index is 11.1. The van der Waals surface area contributed by atoms with E-state index in [2.05, 4.69) is 0 Å². The summed E-state index contributed by atoms with van der Waals surface area (Å²) in [5, 5.41) is 18.0. The normalized spacial score (nSPS) is 10.8. The molecule has 1 aromatic rings. The molecule has 19 heavy (non-hydrogen) atoms. The Balaban J connectivity index is 3.42. The molecule has 0 aliphatic heterocycles. The van der Waals surface area contributed by atoms with Crippen LogP contribution in [0.3, 0.4) is 0 Å². The summed E-state index contributed by atoms with van der Waals surface area (Å²) in [4.78, 5) is 22.1. The van der Waals surface area contributed by atoms with Gasteiger partial charge in [-0.2, -0.15) is 0 Å². The molecule has 0 saturated heterocycles. The molecule has 1 heterocycles. The third kappa shape index (κ3) is 3.40. The predicted octanol–water partition coefficient (Wildman–Crippen LogP) is 2.25. The standard InChI is InChI=1S/C12H16O7/c1-5(2)17-7-8(18-6(3)4)10(12(15)16)19-9(7)11(13)14/h5-6H,1-4H3,(H,13,14)(H,15,16). The van der Waals surface area contributed by atoms with Gasteiger partial charge in [-0.05, 0) is 27.7 Å². The van der Waals surface area contributed by atoms with E-state index in [-0.39, 0.29) is 23.7 Å². The third-order valence-electron chi connectivity index (χ3n) is 1.92. The SMILES string of the molecule is CC(C)Oc1c(C(=O)O)oc(C(=O)O)c1OC(C)C. The summed E-state index contributed by atoms with van der Waals surface area (Å²) in [6.45, 7) is 6.72. The molecule has 0 spiro atoms. The molecule has 2 N–H and O–H groups in total. The van der Waals surface area contributed by atoms with Gasteiger partial charge in [-0.15, -0.1) is 0 Å². The Morgan fingerprint density at radius 1 is 0.895 bits per heavy atom. The summed E-state index contributed by atoms with van der Waals surface area (Å²) in [7, 11) is 0. The van der Waals surface area contributed by atoms with Gasteiger partial charge in [0.2, 0.25) is 11.5 Å². The Morgan fingerprint density at radius 2 is 1.21 bits per heavy atom. The van der Waals surface area contributed by atoms with E-state index in [4.69, 9.17) is 24.1 Å². The van der Waals surface area contributed by atoms with Crippen molar-refractivity contribution in [3.63, 3.8) is 0 Å². The zero-order chi connectivity index (χ0) is 14.7. The van der Waals surface area contributed by atoms with Crippen LogP contribution in [0.4, 0.5) is 0 Å². The van der Waals surface area contributed by atoms with Crippen LogP contribution in [-0.2, 0) is 0 Å². The highest BCUT2D eigenvalue weighted by Gasteiger charge is 2.32. The molecule has 1 aromatic heterocycles. The number of hydrogen-bond acceptors (Lipinski definition) is 5. The van der Waals surface area contributed by atoms with Gasteiger partial charge in [0.1, 0.15) is 0 Å². The van der Waals surface area contributed by atoms with Gasteiger partial charge in [0.15, 0.2) is 0 Å². The summed E-state index contributed by atoms with van der Waals surface area (Å²) < 4.78 is 15.4. The molecular weight excluding hydrogens is 256 g/mol. The van der Waals surface area contributed by atoms with Crippen LogP contribution in [0.5, 0.6) is 11.5 Å². The van der Waals surface area contributed by atoms with Crippen molar-refractivity contribution in [3.05, 3.63) is 11.5 Å². The van der Waals surface area contributed by atoms with Gasteiger partial charge in [0.25, 0.3) is 11.5 Å². The highest BCUT2D eigenvalue weighted by molar-refractivity contribution is 5.95. The predicted molar refractivity (Wildman–Crippen MR) is 64.2 cm³/mol. The highest BCUT2D eigenvalue weighted by atomic mass is 16.6. The van der Waals surface area contributed by atoms with Gasteiger partial charge in [-0.3, -0.25) is 0 Å². The number of furan rings is 1. The van der Waals surface area contributed by atoms with Crippen LogP contribution < -0.4 is 9.47 Å². The molecule has 0 fully saturated rings. The zero-order valence-electron chi connectivity index (χ0n) is 11.1. The van der Waals surface area contributed by atoms with E-state index in [1.54, 1.807) is 27.7 Å². The van der Waals surface area contributed by atoms with Crippen molar-refractivity contribution in [1.82, 2.24) is 0 Å². The Bertz CT molecular complexity index is 442. The van der Waals surface area contributed by atoms with Gasteiger partial charge in [0, 0.05) is 0 Å². The summed E-state index contributed by atoms with van der Waals surface area (Å²) in [6, 6.07) is 0. The van der Waals surface area contributed by atoms with Crippen molar-refractivity contribution in [3.8, 4) is 11.5 Å². The average molecular weight is 272 g/mol. The van der Waals surface area contributed by atoms with Gasteiger partial charge in [0.05, 0.1) is 12.2 Å². The second-order valence-electron chi connectivity index (χ2n) is 4.36. The molecule has 0 atom stereocenters. The quantitative estimate of drug-likeness (QED) is 0.817. The number of aromatic carboxylic acids is 2. The molecule has 1 rings (SSSR count). The van der Waals surface area contributed by atoms with Crippen LogP contribution in [0.15, 0.2) is 4.42 Å². The van der Waals surface area contributed by atoms with E-state index in [1.165, 1.54) is 0 Å². The topological polar surface area (TPSA) is 106 Å². The minimum absolute atomic E-state index is 0.200. The molecule has 0 bridgehead atoms. The van der Waals surface area contributed by atoms with Crippen molar-refractivity contribution in [2.45, 2.75) is 39.9 Å². The van der Waals surface area contributed by atoms with Crippen molar-refractivity contribution in [2.75, 3.05) is 0 Å². The van der Waals surface area contributed by atoms with E-state index in [0.29, 0.717) is 0 Å². The fourth-order valence-electron chi connectivity index (χ4n) is 1.37. The van der Waals surface area contributed by atoms with E-state index in [0.717, 1.165) is 0 Å². The molecule has 0 amide bonds. The summed E-state index contributed by atoms with van der Waals surface area (Å²) in [5.41, 5.74) is 0. The lowest BCUT2D eigenvalue weighted by molar-refractivity contribution is 0.0625. The Morgan fingerprint density at radius 3 is 1.42 bits per heavy atom. The number of carboxylic acid groups (broad SMARTS) is 2. The molecule has 0 aliphatic rings. The molecular formula is C12H16O7. The number of carboxylic acids is 2. The van der Waals surface area contributed by atoms with Crippen molar-refractivity contribution < 1.29 is 33.7 Å². The lowest BCUT2D eigenvalue weighted by atomic mass is 10.3. The minimum Gasteiger partial charge on any atom is -0.483 e. The fourth-order valence-corrected chi connectivity index (χ4v) is 1.37. The van der Waals surface area contributed by atoms with Crippen molar-refractivity contribution in [1.29, 1.82) is 0 Å². The number of hydrogen-bond donors (Lipinski definition) is 2. The van der Waals surface area contributed by atoms with Gasteiger partial charge >= 0.3 is 11.9 Å². The monoisotopic (exact) mass is 272 g/mol. The fraction of sp³-hybridized carbons (Fsp3) is 0.500. The van der Waals surface area contributed by atoms with Crippen LogP contribution in [0.1, 0.15) is 48.8 Å². The first-order valence-corrected chi connectivity index (χ1v) is 5.70. The molecule has 0 radical (unpaired) electrons. The van der Waals surface area contributed by atoms with E-state index >= 15 is 0 Å². The lowest BCUT2D eigenvalue weighted by Crippen LogP contribution is -2.12. The second kappa shape index (κ2) is 5.64. The molecule has 106 valence electrons. The molecule has 0 unspecified atom stereocenters. The van der Waals surface area contributed by atoms with Crippen LogP contribution in [-0.4, -0.2) is 34.4 Å². The van der Waals surface area contributed by atoms with E-state index in [9.17, 15) is 9.59 Å². The van der Waals surface area contributed by atoms with Crippen molar-refractivity contribution >= 4 is 11.9 Å². The summed E-state index contributed by atoms with van der Waals surface area (Å²) in [5.74, 6) is -4.40. The Hall–Kier alpha value is -2.18. The molecule has 0 aromatic carbocycles. The molecule has 7 nitrogen and oxygen atoms in total.